The highest BCUT2D eigenvalue weighted by atomic mass is 32.1. The Morgan fingerprint density at radius 1 is 1.29 bits per heavy atom. The van der Waals surface area contributed by atoms with Gasteiger partial charge in [-0.2, -0.15) is 0 Å². The molecule has 0 atom stereocenters. The Balaban J connectivity index is 2.51. The molecule has 1 heterocycles. The molecule has 1 aromatic carbocycles. The summed E-state index contributed by atoms with van der Waals surface area (Å²) in [5, 5.41) is 0. The Kier molecular flexibility index (Phi) is 3.64. The van der Waals surface area contributed by atoms with Crippen molar-refractivity contribution in [1.82, 2.24) is 4.98 Å². The number of aryl methyl sites for hydroxylation is 1. The maximum absolute atomic E-state index is 5.82. The van der Waals surface area contributed by atoms with E-state index in [1.807, 2.05) is 39.0 Å². The number of ether oxygens (including phenoxy) is 1. The van der Waals surface area contributed by atoms with Gasteiger partial charge < -0.3 is 9.72 Å². The van der Waals surface area contributed by atoms with Crippen molar-refractivity contribution in [1.29, 1.82) is 0 Å². The Labute approximate surface area is 110 Å². The molecule has 0 unspecified atom stereocenters. The van der Waals surface area contributed by atoms with Crippen LogP contribution in [0.5, 0.6) is 5.75 Å². The van der Waals surface area contributed by atoms with Gasteiger partial charge in [0.15, 0.2) is 3.95 Å². The largest absolute Gasteiger partial charge is 0.490 e. The molecule has 0 aliphatic rings. The quantitative estimate of drug-likeness (QED) is 0.822. The number of hydrogen-bond acceptors (Lipinski definition) is 3. The summed E-state index contributed by atoms with van der Waals surface area (Å²) in [7, 11) is 0. The van der Waals surface area contributed by atoms with Crippen molar-refractivity contribution in [3.63, 3.8) is 0 Å². The molecule has 4 heteroatoms. The summed E-state index contributed by atoms with van der Waals surface area (Å²) in [6.07, 6.45) is 0.170. The number of H-pyrrole nitrogens is 1. The van der Waals surface area contributed by atoms with Crippen molar-refractivity contribution in [2.45, 2.75) is 26.9 Å². The fraction of sp³-hybridized carbons (Fsp3) is 0.308. The van der Waals surface area contributed by atoms with E-state index in [4.69, 9.17) is 17.0 Å². The molecule has 2 rings (SSSR count). The van der Waals surface area contributed by atoms with Crippen molar-refractivity contribution in [2.24, 2.45) is 0 Å². The molecule has 2 nitrogen and oxygen atoms in total. The first-order valence-electron chi connectivity index (χ1n) is 5.53. The van der Waals surface area contributed by atoms with Crippen LogP contribution in [-0.2, 0) is 0 Å². The van der Waals surface area contributed by atoms with Gasteiger partial charge >= 0.3 is 0 Å². The lowest BCUT2D eigenvalue weighted by Crippen LogP contribution is -2.06. The fourth-order valence-corrected chi connectivity index (χ4v) is 2.95. The number of aromatic amines is 1. The Morgan fingerprint density at radius 3 is 2.59 bits per heavy atom. The Hall–Kier alpha value is -1.13. The maximum atomic E-state index is 5.82. The van der Waals surface area contributed by atoms with Gasteiger partial charge in [-0.05, 0) is 45.1 Å². The molecule has 0 bridgehead atoms. The van der Waals surface area contributed by atoms with Gasteiger partial charge in [-0.1, -0.05) is 12.1 Å². The highest BCUT2D eigenvalue weighted by Crippen LogP contribution is 2.35. The monoisotopic (exact) mass is 265 g/mol. The van der Waals surface area contributed by atoms with Gasteiger partial charge in [0.05, 0.1) is 11.0 Å². The summed E-state index contributed by atoms with van der Waals surface area (Å²) in [5.41, 5.74) is 2.20. The van der Waals surface area contributed by atoms with Gasteiger partial charge in [0, 0.05) is 11.3 Å². The normalized spacial score (nSPS) is 10.8. The fourth-order valence-electron chi connectivity index (χ4n) is 1.67. The predicted molar refractivity (Wildman–Crippen MR) is 75.4 cm³/mol. The zero-order chi connectivity index (χ0) is 12.4. The van der Waals surface area contributed by atoms with Crippen LogP contribution >= 0.6 is 23.6 Å². The van der Waals surface area contributed by atoms with Crippen molar-refractivity contribution in [3.8, 4) is 16.2 Å². The molecular weight excluding hydrogens is 250 g/mol. The van der Waals surface area contributed by atoms with E-state index in [0.29, 0.717) is 0 Å². The van der Waals surface area contributed by atoms with Crippen molar-refractivity contribution in [3.05, 3.63) is 33.9 Å². The third kappa shape index (κ3) is 2.76. The highest BCUT2D eigenvalue weighted by Gasteiger charge is 2.11. The SMILES string of the molecule is Cc1[nH]c(=S)sc1-c1ccccc1OC(C)C. The summed E-state index contributed by atoms with van der Waals surface area (Å²) in [6.45, 7) is 6.10. The molecule has 0 fully saturated rings. The summed E-state index contributed by atoms with van der Waals surface area (Å²) >= 11 is 6.76. The third-order valence-electron chi connectivity index (χ3n) is 2.32. The van der Waals surface area contributed by atoms with Crippen LogP contribution in [0.2, 0.25) is 0 Å². The maximum Gasteiger partial charge on any atom is 0.159 e. The molecule has 0 spiro atoms. The minimum absolute atomic E-state index is 0.170. The number of rotatable bonds is 3. The number of benzene rings is 1. The first-order valence-corrected chi connectivity index (χ1v) is 6.76. The second-order valence-corrected chi connectivity index (χ2v) is 5.82. The zero-order valence-corrected chi connectivity index (χ0v) is 11.7. The minimum atomic E-state index is 0.170. The zero-order valence-electron chi connectivity index (χ0n) is 10.1. The number of hydrogen-bond donors (Lipinski definition) is 1. The molecule has 2 aromatic rings. The predicted octanol–water partition coefficient (Wildman–Crippen LogP) is 4.57. The van der Waals surface area contributed by atoms with Gasteiger partial charge in [0.25, 0.3) is 0 Å². The van der Waals surface area contributed by atoms with Gasteiger partial charge in [-0.15, -0.1) is 11.3 Å². The van der Waals surface area contributed by atoms with E-state index in [1.54, 1.807) is 11.3 Å². The van der Waals surface area contributed by atoms with Crippen molar-refractivity contribution < 1.29 is 4.74 Å². The van der Waals surface area contributed by atoms with Crippen LogP contribution in [0, 0.1) is 10.9 Å². The summed E-state index contributed by atoms with van der Waals surface area (Å²) in [4.78, 5) is 4.32. The highest BCUT2D eigenvalue weighted by molar-refractivity contribution is 7.73. The third-order valence-corrected chi connectivity index (χ3v) is 3.69. The molecule has 1 N–H and O–H groups in total. The molecule has 0 radical (unpaired) electrons. The smallest absolute Gasteiger partial charge is 0.159 e. The van der Waals surface area contributed by atoms with Crippen LogP contribution in [0.1, 0.15) is 19.5 Å². The van der Waals surface area contributed by atoms with E-state index in [0.717, 1.165) is 25.8 Å². The van der Waals surface area contributed by atoms with E-state index in [1.165, 1.54) is 0 Å². The topological polar surface area (TPSA) is 25.0 Å². The summed E-state index contributed by atoms with van der Waals surface area (Å²) < 4.78 is 6.63. The lowest BCUT2D eigenvalue weighted by atomic mass is 10.1. The van der Waals surface area contributed by atoms with Gasteiger partial charge in [-0.3, -0.25) is 0 Å². The van der Waals surface area contributed by atoms with Crippen molar-refractivity contribution >= 4 is 23.6 Å². The number of aromatic nitrogens is 1. The molecule has 0 saturated carbocycles. The van der Waals surface area contributed by atoms with Crippen molar-refractivity contribution in [2.75, 3.05) is 0 Å². The van der Waals surface area contributed by atoms with E-state index in [9.17, 15) is 0 Å². The average molecular weight is 265 g/mol. The number of nitrogens with one attached hydrogen (secondary N) is 1. The van der Waals surface area contributed by atoms with E-state index in [2.05, 4.69) is 11.1 Å². The average Bonchev–Trinajstić information content (AvgIpc) is 2.58. The standard InChI is InChI=1S/C13H15NOS2/c1-8(2)15-11-7-5-4-6-10(11)12-9(3)14-13(16)17-12/h4-8H,1-3H3,(H,14,16). The first-order chi connectivity index (χ1) is 8.08. The lowest BCUT2D eigenvalue weighted by molar-refractivity contribution is 0.243. The van der Waals surface area contributed by atoms with Crippen LogP contribution < -0.4 is 4.74 Å². The molecule has 0 amide bonds. The van der Waals surface area contributed by atoms with Crippen LogP contribution in [-0.4, -0.2) is 11.1 Å². The molecule has 90 valence electrons. The first kappa shape index (κ1) is 12.3. The Bertz CT molecular complexity index is 569. The molecule has 17 heavy (non-hydrogen) atoms. The van der Waals surface area contributed by atoms with Gasteiger partial charge in [0.1, 0.15) is 5.75 Å². The Morgan fingerprint density at radius 2 is 2.00 bits per heavy atom. The molecule has 0 saturated heterocycles. The lowest BCUT2D eigenvalue weighted by Gasteiger charge is -2.13. The summed E-state index contributed by atoms with van der Waals surface area (Å²) in [5.74, 6) is 0.913. The molecular formula is C13H15NOS2. The van der Waals surface area contributed by atoms with Crippen LogP contribution in [0.3, 0.4) is 0 Å². The number of para-hydroxylation sites is 1. The summed E-state index contributed by atoms with van der Waals surface area (Å²) in [6, 6.07) is 8.07. The van der Waals surface area contributed by atoms with Gasteiger partial charge in [0.2, 0.25) is 0 Å². The number of thiazole rings is 1. The van der Waals surface area contributed by atoms with E-state index >= 15 is 0 Å². The van der Waals surface area contributed by atoms with Crippen LogP contribution in [0.15, 0.2) is 24.3 Å². The molecule has 0 aliphatic carbocycles. The van der Waals surface area contributed by atoms with E-state index < -0.39 is 0 Å². The van der Waals surface area contributed by atoms with Crippen LogP contribution in [0.25, 0.3) is 10.4 Å². The minimum Gasteiger partial charge on any atom is -0.490 e. The molecule has 0 aliphatic heterocycles. The second-order valence-electron chi connectivity index (χ2n) is 4.13. The van der Waals surface area contributed by atoms with Gasteiger partial charge in [-0.25, -0.2) is 0 Å². The van der Waals surface area contributed by atoms with Crippen LogP contribution in [0.4, 0.5) is 0 Å². The second kappa shape index (κ2) is 5.02. The molecule has 1 aromatic heterocycles. The van der Waals surface area contributed by atoms with E-state index in [-0.39, 0.29) is 6.10 Å².